The minimum absolute atomic E-state index is 0.395. The maximum Gasteiger partial charge on any atom is 0.152 e. The molecule has 0 saturated heterocycles. The van der Waals surface area contributed by atoms with Crippen molar-refractivity contribution in [3.63, 3.8) is 0 Å². The van der Waals surface area contributed by atoms with Crippen LogP contribution in [0.15, 0.2) is 30.3 Å². The standard InChI is InChI=1S/C16H20ClN3/c17-12-16-19-18-15(11-13-7-3-1-4-8-13)20(16)14-9-5-2-6-10-14/h2,5-6,9-10,13H,1,3-4,7-8,11-12H2. The summed E-state index contributed by atoms with van der Waals surface area (Å²) in [6.45, 7) is 0. The molecule has 3 rings (SSSR count). The minimum atomic E-state index is 0.395. The van der Waals surface area contributed by atoms with Gasteiger partial charge in [0, 0.05) is 12.1 Å². The van der Waals surface area contributed by atoms with Crippen molar-refractivity contribution in [2.24, 2.45) is 5.92 Å². The Morgan fingerprint density at radius 2 is 1.70 bits per heavy atom. The molecule has 0 unspecified atom stereocenters. The van der Waals surface area contributed by atoms with Crippen molar-refractivity contribution in [3.05, 3.63) is 42.0 Å². The van der Waals surface area contributed by atoms with Gasteiger partial charge in [-0.15, -0.1) is 21.8 Å². The summed E-state index contributed by atoms with van der Waals surface area (Å²) < 4.78 is 2.13. The van der Waals surface area contributed by atoms with Gasteiger partial charge in [-0.25, -0.2) is 0 Å². The number of benzene rings is 1. The number of hydrogen-bond acceptors (Lipinski definition) is 2. The lowest BCUT2D eigenvalue weighted by molar-refractivity contribution is 0.350. The van der Waals surface area contributed by atoms with Crippen molar-refractivity contribution >= 4 is 11.6 Å². The molecule has 0 aliphatic heterocycles. The molecule has 0 N–H and O–H groups in total. The van der Waals surface area contributed by atoms with Gasteiger partial charge in [-0.3, -0.25) is 4.57 Å². The lowest BCUT2D eigenvalue weighted by Crippen LogP contribution is -2.13. The van der Waals surface area contributed by atoms with E-state index in [0.29, 0.717) is 5.88 Å². The van der Waals surface area contributed by atoms with Gasteiger partial charge < -0.3 is 0 Å². The van der Waals surface area contributed by atoms with Crippen molar-refractivity contribution < 1.29 is 0 Å². The van der Waals surface area contributed by atoms with Gasteiger partial charge in [0.1, 0.15) is 5.82 Å². The van der Waals surface area contributed by atoms with E-state index in [1.807, 2.05) is 18.2 Å². The topological polar surface area (TPSA) is 30.7 Å². The molecule has 4 heteroatoms. The molecule has 0 atom stereocenters. The smallest absolute Gasteiger partial charge is 0.152 e. The van der Waals surface area contributed by atoms with E-state index in [-0.39, 0.29) is 0 Å². The second kappa shape index (κ2) is 6.40. The number of halogens is 1. The van der Waals surface area contributed by atoms with Gasteiger partial charge in [-0.05, 0) is 18.1 Å². The van der Waals surface area contributed by atoms with Gasteiger partial charge in [0.2, 0.25) is 0 Å². The fourth-order valence-corrected chi connectivity index (χ4v) is 3.27. The van der Waals surface area contributed by atoms with Crippen molar-refractivity contribution in [3.8, 4) is 5.69 Å². The Kier molecular flexibility index (Phi) is 4.36. The summed E-state index contributed by atoms with van der Waals surface area (Å²) in [7, 11) is 0. The molecule has 1 aromatic heterocycles. The molecule has 1 saturated carbocycles. The number of para-hydroxylation sites is 1. The summed E-state index contributed by atoms with van der Waals surface area (Å²) in [5, 5.41) is 8.64. The van der Waals surface area contributed by atoms with Crippen molar-refractivity contribution in [1.29, 1.82) is 0 Å². The van der Waals surface area contributed by atoms with Crippen LogP contribution in [0.5, 0.6) is 0 Å². The van der Waals surface area contributed by atoms with Crippen LogP contribution in [-0.4, -0.2) is 14.8 Å². The van der Waals surface area contributed by atoms with Crippen LogP contribution in [-0.2, 0) is 12.3 Å². The summed E-state index contributed by atoms with van der Waals surface area (Å²) >= 11 is 6.01. The molecule has 1 aliphatic carbocycles. The monoisotopic (exact) mass is 289 g/mol. The van der Waals surface area contributed by atoms with Crippen LogP contribution in [0.2, 0.25) is 0 Å². The van der Waals surface area contributed by atoms with Crippen molar-refractivity contribution in [2.45, 2.75) is 44.4 Å². The molecule has 0 radical (unpaired) electrons. The SMILES string of the molecule is ClCc1nnc(CC2CCCCC2)n1-c1ccccc1. The molecule has 1 aliphatic rings. The number of hydrogen-bond donors (Lipinski definition) is 0. The van der Waals surface area contributed by atoms with E-state index >= 15 is 0 Å². The number of alkyl halides is 1. The lowest BCUT2D eigenvalue weighted by Gasteiger charge is -2.21. The highest BCUT2D eigenvalue weighted by molar-refractivity contribution is 6.16. The zero-order valence-corrected chi connectivity index (χ0v) is 12.4. The highest BCUT2D eigenvalue weighted by Gasteiger charge is 2.19. The Balaban J connectivity index is 1.89. The highest BCUT2D eigenvalue weighted by atomic mass is 35.5. The zero-order valence-electron chi connectivity index (χ0n) is 11.6. The van der Waals surface area contributed by atoms with E-state index in [0.717, 1.165) is 29.7 Å². The summed E-state index contributed by atoms with van der Waals surface area (Å²) in [4.78, 5) is 0. The van der Waals surface area contributed by atoms with Gasteiger partial charge >= 0.3 is 0 Å². The number of nitrogens with zero attached hydrogens (tertiary/aromatic N) is 3. The van der Waals surface area contributed by atoms with E-state index in [1.54, 1.807) is 0 Å². The van der Waals surface area contributed by atoms with E-state index in [9.17, 15) is 0 Å². The molecule has 0 bridgehead atoms. The molecule has 1 fully saturated rings. The van der Waals surface area contributed by atoms with E-state index in [1.165, 1.54) is 32.1 Å². The predicted octanol–water partition coefficient (Wildman–Crippen LogP) is 4.13. The summed E-state index contributed by atoms with van der Waals surface area (Å²) in [6.07, 6.45) is 7.74. The molecular formula is C16H20ClN3. The maximum absolute atomic E-state index is 6.01. The summed E-state index contributed by atoms with van der Waals surface area (Å²) in [5.41, 5.74) is 1.11. The first kappa shape index (κ1) is 13.6. The van der Waals surface area contributed by atoms with Crippen molar-refractivity contribution in [1.82, 2.24) is 14.8 Å². The quantitative estimate of drug-likeness (QED) is 0.792. The third-order valence-corrected chi connectivity index (χ3v) is 4.37. The molecule has 20 heavy (non-hydrogen) atoms. The Morgan fingerprint density at radius 3 is 2.40 bits per heavy atom. The maximum atomic E-state index is 6.01. The van der Waals surface area contributed by atoms with Crippen LogP contribution >= 0.6 is 11.6 Å². The van der Waals surface area contributed by atoms with Crippen LogP contribution < -0.4 is 0 Å². The Hall–Kier alpha value is -1.35. The van der Waals surface area contributed by atoms with Gasteiger partial charge in [-0.2, -0.15) is 0 Å². The van der Waals surface area contributed by atoms with E-state index in [4.69, 9.17) is 11.6 Å². The summed E-state index contributed by atoms with van der Waals surface area (Å²) in [5.74, 6) is 3.04. The van der Waals surface area contributed by atoms with Gasteiger partial charge in [0.15, 0.2) is 5.82 Å². The molecule has 2 aromatic rings. The second-order valence-electron chi connectivity index (χ2n) is 5.55. The van der Waals surface area contributed by atoms with E-state index in [2.05, 4.69) is 26.9 Å². The molecule has 1 aromatic carbocycles. The van der Waals surface area contributed by atoms with E-state index < -0.39 is 0 Å². The van der Waals surface area contributed by atoms with Gasteiger partial charge in [0.05, 0.1) is 5.88 Å². The average Bonchev–Trinajstić information content (AvgIpc) is 2.92. The molecule has 1 heterocycles. The first-order valence-electron chi connectivity index (χ1n) is 7.43. The van der Waals surface area contributed by atoms with Crippen LogP contribution in [0.3, 0.4) is 0 Å². The first-order valence-corrected chi connectivity index (χ1v) is 7.96. The predicted molar refractivity (Wildman–Crippen MR) is 81.2 cm³/mol. The largest absolute Gasteiger partial charge is 0.282 e. The third-order valence-electron chi connectivity index (χ3n) is 4.13. The molecule has 0 spiro atoms. The average molecular weight is 290 g/mol. The Labute approximate surface area is 125 Å². The molecule has 106 valence electrons. The molecule has 0 amide bonds. The Bertz CT molecular complexity index is 544. The Morgan fingerprint density at radius 1 is 1.00 bits per heavy atom. The van der Waals surface area contributed by atoms with Gasteiger partial charge in [0.25, 0.3) is 0 Å². The minimum Gasteiger partial charge on any atom is -0.282 e. The fourth-order valence-electron chi connectivity index (χ4n) is 3.10. The lowest BCUT2D eigenvalue weighted by atomic mass is 9.87. The third kappa shape index (κ3) is 2.88. The van der Waals surface area contributed by atoms with Crippen LogP contribution in [0.1, 0.15) is 43.8 Å². The zero-order chi connectivity index (χ0) is 13.8. The normalized spacial score (nSPS) is 16.4. The first-order chi connectivity index (χ1) is 9.88. The number of aromatic nitrogens is 3. The number of rotatable bonds is 4. The molecule has 3 nitrogen and oxygen atoms in total. The van der Waals surface area contributed by atoms with Crippen LogP contribution in [0.4, 0.5) is 0 Å². The highest BCUT2D eigenvalue weighted by Crippen LogP contribution is 2.27. The van der Waals surface area contributed by atoms with Crippen LogP contribution in [0, 0.1) is 5.92 Å². The fraction of sp³-hybridized carbons (Fsp3) is 0.500. The second-order valence-corrected chi connectivity index (χ2v) is 5.81. The molecular weight excluding hydrogens is 270 g/mol. The summed E-state index contributed by atoms with van der Waals surface area (Å²) in [6, 6.07) is 10.3. The van der Waals surface area contributed by atoms with Crippen molar-refractivity contribution in [2.75, 3.05) is 0 Å². The van der Waals surface area contributed by atoms with Crippen LogP contribution in [0.25, 0.3) is 5.69 Å². The van der Waals surface area contributed by atoms with Gasteiger partial charge in [-0.1, -0.05) is 50.3 Å².